The van der Waals surface area contributed by atoms with Crippen molar-refractivity contribution in [3.63, 3.8) is 0 Å². The van der Waals surface area contributed by atoms with E-state index in [2.05, 4.69) is 61.6 Å². The summed E-state index contributed by atoms with van der Waals surface area (Å²) in [5, 5.41) is 14.1. The smallest absolute Gasteiger partial charge is 0.151 e. The summed E-state index contributed by atoms with van der Waals surface area (Å²) < 4.78 is 1.16. The van der Waals surface area contributed by atoms with Crippen molar-refractivity contribution in [2.45, 2.75) is 26.9 Å². The van der Waals surface area contributed by atoms with Crippen LogP contribution < -0.4 is 10.2 Å². The predicted molar refractivity (Wildman–Crippen MR) is 92.7 cm³/mol. The maximum atomic E-state index is 4.31. The van der Waals surface area contributed by atoms with E-state index in [9.17, 15) is 0 Å². The van der Waals surface area contributed by atoms with E-state index in [0.29, 0.717) is 5.92 Å². The fourth-order valence-corrected chi connectivity index (χ4v) is 3.12. The summed E-state index contributed by atoms with van der Waals surface area (Å²) in [5.41, 5.74) is 2.25. The molecular formula is C15H21BrN4S. The van der Waals surface area contributed by atoms with Gasteiger partial charge in [-0.25, -0.2) is 0 Å². The maximum Gasteiger partial charge on any atom is 0.151 e. The SMILES string of the molecule is CC(C)CNCc1ccc(N(C)Cc2csc(Br)c2)nn1. The quantitative estimate of drug-likeness (QED) is 0.808. The molecule has 0 aliphatic heterocycles. The summed E-state index contributed by atoms with van der Waals surface area (Å²) in [4.78, 5) is 2.10. The van der Waals surface area contributed by atoms with Crippen LogP contribution >= 0.6 is 27.3 Å². The van der Waals surface area contributed by atoms with E-state index >= 15 is 0 Å². The van der Waals surface area contributed by atoms with Gasteiger partial charge in [-0.3, -0.25) is 0 Å². The largest absolute Gasteiger partial charge is 0.354 e. The molecule has 4 nitrogen and oxygen atoms in total. The molecule has 0 unspecified atom stereocenters. The van der Waals surface area contributed by atoms with E-state index in [1.54, 1.807) is 11.3 Å². The van der Waals surface area contributed by atoms with Gasteiger partial charge in [0.05, 0.1) is 9.48 Å². The number of rotatable bonds is 7. The van der Waals surface area contributed by atoms with Crippen molar-refractivity contribution in [3.8, 4) is 0 Å². The Kier molecular flexibility index (Phi) is 6.14. The predicted octanol–water partition coefficient (Wildman–Crippen LogP) is 3.68. The number of aromatic nitrogens is 2. The summed E-state index contributed by atoms with van der Waals surface area (Å²) in [5.74, 6) is 1.54. The van der Waals surface area contributed by atoms with Crippen LogP contribution in [0.1, 0.15) is 25.1 Å². The third-order valence-electron chi connectivity index (χ3n) is 3.00. The molecule has 0 saturated heterocycles. The van der Waals surface area contributed by atoms with E-state index < -0.39 is 0 Å². The van der Waals surface area contributed by atoms with Crippen molar-refractivity contribution >= 4 is 33.1 Å². The Balaban J connectivity index is 1.88. The third-order valence-corrected chi connectivity index (χ3v) is 4.55. The summed E-state index contributed by atoms with van der Waals surface area (Å²) in [6, 6.07) is 6.20. The molecule has 2 rings (SSSR count). The Hall–Kier alpha value is -0.980. The van der Waals surface area contributed by atoms with E-state index in [-0.39, 0.29) is 0 Å². The standard InChI is InChI=1S/C15H21BrN4S/c1-11(2)7-17-8-13-4-5-15(19-18-13)20(3)9-12-6-14(16)21-10-12/h4-6,10-11,17H,7-9H2,1-3H3. The fourth-order valence-electron chi connectivity index (χ4n) is 1.92. The van der Waals surface area contributed by atoms with Gasteiger partial charge in [0.1, 0.15) is 0 Å². The molecule has 0 atom stereocenters. The van der Waals surface area contributed by atoms with E-state index in [4.69, 9.17) is 0 Å². The molecule has 6 heteroatoms. The first-order valence-corrected chi connectivity index (χ1v) is 8.69. The first kappa shape index (κ1) is 16.4. The molecule has 0 bridgehead atoms. The molecular weight excluding hydrogens is 348 g/mol. The molecule has 0 fully saturated rings. The van der Waals surface area contributed by atoms with Gasteiger partial charge in [-0.05, 0) is 57.5 Å². The van der Waals surface area contributed by atoms with Gasteiger partial charge in [-0.15, -0.1) is 16.4 Å². The van der Waals surface area contributed by atoms with Gasteiger partial charge < -0.3 is 10.2 Å². The highest BCUT2D eigenvalue weighted by Gasteiger charge is 2.06. The van der Waals surface area contributed by atoms with Crippen molar-refractivity contribution in [1.29, 1.82) is 0 Å². The molecule has 0 aromatic carbocycles. The minimum absolute atomic E-state index is 0.647. The van der Waals surface area contributed by atoms with Crippen LogP contribution in [0.2, 0.25) is 0 Å². The highest BCUT2D eigenvalue weighted by Crippen LogP contribution is 2.22. The molecule has 114 valence electrons. The Morgan fingerprint density at radius 2 is 2.14 bits per heavy atom. The highest BCUT2D eigenvalue weighted by atomic mass is 79.9. The minimum Gasteiger partial charge on any atom is -0.354 e. The summed E-state index contributed by atoms with van der Waals surface area (Å²) >= 11 is 5.19. The number of nitrogens with zero attached hydrogens (tertiary/aromatic N) is 3. The van der Waals surface area contributed by atoms with Crippen LogP contribution in [0, 0.1) is 5.92 Å². The average molecular weight is 369 g/mol. The van der Waals surface area contributed by atoms with Crippen LogP contribution in [-0.2, 0) is 13.1 Å². The molecule has 0 saturated carbocycles. The molecule has 0 radical (unpaired) electrons. The lowest BCUT2D eigenvalue weighted by atomic mass is 10.2. The Morgan fingerprint density at radius 3 is 2.71 bits per heavy atom. The zero-order valence-corrected chi connectivity index (χ0v) is 15.0. The lowest BCUT2D eigenvalue weighted by Crippen LogP contribution is -2.21. The minimum atomic E-state index is 0.647. The molecule has 0 amide bonds. The summed E-state index contributed by atoms with van der Waals surface area (Å²) in [6.45, 7) is 6.99. The van der Waals surface area contributed by atoms with Crippen LogP contribution in [0.3, 0.4) is 0 Å². The van der Waals surface area contributed by atoms with Crippen LogP contribution in [0.5, 0.6) is 0 Å². The van der Waals surface area contributed by atoms with Crippen LogP contribution in [0.4, 0.5) is 5.82 Å². The molecule has 0 aliphatic carbocycles. The Bertz CT molecular complexity index is 553. The second-order valence-corrected chi connectivity index (χ2v) is 7.81. The van der Waals surface area contributed by atoms with Crippen LogP contribution in [0.25, 0.3) is 0 Å². The molecule has 2 aromatic heterocycles. The Labute approximate surface area is 138 Å². The van der Waals surface area contributed by atoms with Crippen molar-refractivity contribution in [2.24, 2.45) is 5.92 Å². The first-order chi connectivity index (χ1) is 10.0. The number of hydrogen-bond acceptors (Lipinski definition) is 5. The molecule has 21 heavy (non-hydrogen) atoms. The van der Waals surface area contributed by atoms with Crippen molar-refractivity contribution in [1.82, 2.24) is 15.5 Å². The lowest BCUT2D eigenvalue weighted by Gasteiger charge is -2.17. The van der Waals surface area contributed by atoms with Crippen molar-refractivity contribution in [3.05, 3.63) is 38.6 Å². The molecule has 2 aromatic rings. The second kappa shape index (κ2) is 7.87. The second-order valence-electron chi connectivity index (χ2n) is 5.52. The van der Waals surface area contributed by atoms with Gasteiger partial charge in [0, 0.05) is 20.1 Å². The average Bonchev–Trinajstić information content (AvgIpc) is 2.84. The van der Waals surface area contributed by atoms with Crippen LogP contribution in [-0.4, -0.2) is 23.8 Å². The van der Waals surface area contributed by atoms with Crippen molar-refractivity contribution < 1.29 is 0 Å². The summed E-state index contributed by atoms with van der Waals surface area (Å²) in [6.07, 6.45) is 0. The summed E-state index contributed by atoms with van der Waals surface area (Å²) in [7, 11) is 2.03. The normalized spacial score (nSPS) is 11.1. The fraction of sp³-hybridized carbons (Fsp3) is 0.467. The zero-order valence-electron chi connectivity index (χ0n) is 12.6. The number of nitrogens with one attached hydrogen (secondary N) is 1. The molecule has 0 spiro atoms. The molecule has 1 N–H and O–H groups in total. The number of halogens is 1. The van der Waals surface area contributed by atoms with E-state index in [0.717, 1.165) is 34.9 Å². The van der Waals surface area contributed by atoms with Gasteiger partial charge >= 0.3 is 0 Å². The molecule has 2 heterocycles. The van der Waals surface area contributed by atoms with Gasteiger partial charge in [0.2, 0.25) is 0 Å². The van der Waals surface area contributed by atoms with Gasteiger partial charge in [0.25, 0.3) is 0 Å². The maximum absolute atomic E-state index is 4.31. The molecule has 0 aliphatic rings. The van der Waals surface area contributed by atoms with Gasteiger partial charge in [0.15, 0.2) is 5.82 Å². The van der Waals surface area contributed by atoms with E-state index in [1.807, 2.05) is 19.2 Å². The number of thiophene rings is 1. The zero-order chi connectivity index (χ0) is 15.2. The topological polar surface area (TPSA) is 41.0 Å². The van der Waals surface area contributed by atoms with E-state index in [1.165, 1.54) is 5.56 Å². The highest BCUT2D eigenvalue weighted by molar-refractivity contribution is 9.11. The lowest BCUT2D eigenvalue weighted by molar-refractivity contribution is 0.546. The third kappa shape index (κ3) is 5.37. The van der Waals surface area contributed by atoms with Gasteiger partial charge in [-0.2, -0.15) is 5.10 Å². The number of hydrogen-bond donors (Lipinski definition) is 1. The van der Waals surface area contributed by atoms with Crippen molar-refractivity contribution in [2.75, 3.05) is 18.5 Å². The monoisotopic (exact) mass is 368 g/mol. The first-order valence-electron chi connectivity index (χ1n) is 7.02. The Morgan fingerprint density at radius 1 is 1.33 bits per heavy atom. The van der Waals surface area contributed by atoms with Gasteiger partial charge in [-0.1, -0.05) is 13.8 Å². The van der Waals surface area contributed by atoms with Crippen LogP contribution in [0.15, 0.2) is 27.4 Å². The number of anilines is 1.